The van der Waals surface area contributed by atoms with Gasteiger partial charge in [0.1, 0.15) is 5.00 Å². The summed E-state index contributed by atoms with van der Waals surface area (Å²) in [6.45, 7) is 14.8. The Morgan fingerprint density at radius 1 is 1.25 bits per heavy atom. The van der Waals surface area contributed by atoms with Gasteiger partial charge in [-0.1, -0.05) is 41.5 Å². The lowest BCUT2D eigenvalue weighted by molar-refractivity contribution is -0.117. The van der Waals surface area contributed by atoms with E-state index in [-0.39, 0.29) is 17.3 Å². The second kappa shape index (κ2) is 8.65. The van der Waals surface area contributed by atoms with Crippen molar-refractivity contribution in [1.82, 2.24) is 0 Å². The van der Waals surface area contributed by atoms with Crippen molar-refractivity contribution >= 4 is 28.2 Å². The fourth-order valence-corrected chi connectivity index (χ4v) is 3.82. The smallest absolute Gasteiger partial charge is 0.341 e. The van der Waals surface area contributed by atoms with Crippen LogP contribution in [-0.4, -0.2) is 18.5 Å². The third-order valence-corrected chi connectivity index (χ3v) is 4.91. The van der Waals surface area contributed by atoms with Crippen LogP contribution in [0.4, 0.5) is 5.00 Å². The molecule has 1 amide bonds. The summed E-state index contributed by atoms with van der Waals surface area (Å²) in [5, 5.41) is 3.52. The molecular formula is C19H31NO3S. The summed E-state index contributed by atoms with van der Waals surface area (Å²) in [6, 6.07) is 1.83. The molecule has 1 rings (SSSR count). The SMILES string of the molecule is CCOC(=O)c1cc(C(C)C)sc1NC(=O)CC(C)CC(C)(C)C. The molecule has 1 unspecified atom stereocenters. The van der Waals surface area contributed by atoms with Crippen LogP contribution >= 0.6 is 11.3 Å². The predicted molar refractivity (Wildman–Crippen MR) is 101 cm³/mol. The maximum atomic E-state index is 12.4. The van der Waals surface area contributed by atoms with Crippen LogP contribution in [0.1, 0.15) is 82.5 Å². The molecule has 0 fully saturated rings. The van der Waals surface area contributed by atoms with Crippen molar-refractivity contribution < 1.29 is 14.3 Å². The average Bonchev–Trinajstić information content (AvgIpc) is 2.80. The zero-order chi connectivity index (χ0) is 18.5. The second-order valence-electron chi connectivity index (χ2n) is 7.89. The molecule has 24 heavy (non-hydrogen) atoms. The topological polar surface area (TPSA) is 55.4 Å². The van der Waals surface area contributed by atoms with Crippen LogP contribution in [0.2, 0.25) is 0 Å². The van der Waals surface area contributed by atoms with E-state index in [4.69, 9.17) is 4.74 Å². The molecule has 0 saturated heterocycles. The highest BCUT2D eigenvalue weighted by atomic mass is 32.1. The van der Waals surface area contributed by atoms with E-state index in [1.165, 1.54) is 11.3 Å². The summed E-state index contributed by atoms with van der Waals surface area (Å²) in [7, 11) is 0. The maximum absolute atomic E-state index is 12.4. The average molecular weight is 354 g/mol. The van der Waals surface area contributed by atoms with Gasteiger partial charge in [0.05, 0.1) is 12.2 Å². The minimum atomic E-state index is -0.376. The number of nitrogens with one attached hydrogen (secondary N) is 1. The largest absolute Gasteiger partial charge is 0.462 e. The van der Waals surface area contributed by atoms with E-state index in [2.05, 4.69) is 46.9 Å². The van der Waals surface area contributed by atoms with Gasteiger partial charge in [0.2, 0.25) is 5.91 Å². The highest BCUT2D eigenvalue weighted by Crippen LogP contribution is 2.34. The monoisotopic (exact) mass is 353 g/mol. The highest BCUT2D eigenvalue weighted by molar-refractivity contribution is 7.16. The summed E-state index contributed by atoms with van der Waals surface area (Å²) in [5.74, 6) is 0.169. The van der Waals surface area contributed by atoms with Crippen molar-refractivity contribution in [2.24, 2.45) is 11.3 Å². The van der Waals surface area contributed by atoms with E-state index in [1.807, 2.05) is 6.07 Å². The van der Waals surface area contributed by atoms with Crippen LogP contribution in [0, 0.1) is 11.3 Å². The predicted octanol–water partition coefficient (Wildman–Crippen LogP) is 5.45. The van der Waals surface area contributed by atoms with Crippen molar-refractivity contribution in [3.63, 3.8) is 0 Å². The Balaban J connectivity index is 2.85. The normalized spacial score (nSPS) is 13.0. The van der Waals surface area contributed by atoms with E-state index in [9.17, 15) is 9.59 Å². The first-order valence-electron chi connectivity index (χ1n) is 8.64. The first kappa shape index (κ1) is 20.7. The number of rotatable bonds is 7. The Bertz CT molecular complexity index is 570. The van der Waals surface area contributed by atoms with Crippen LogP contribution in [-0.2, 0) is 9.53 Å². The molecule has 4 nitrogen and oxygen atoms in total. The number of thiophene rings is 1. The molecular weight excluding hydrogens is 322 g/mol. The third kappa shape index (κ3) is 6.63. The number of hydrogen-bond acceptors (Lipinski definition) is 4. The summed E-state index contributed by atoms with van der Waals surface area (Å²) in [6.07, 6.45) is 1.43. The van der Waals surface area contributed by atoms with Crippen molar-refractivity contribution in [2.45, 2.75) is 67.2 Å². The van der Waals surface area contributed by atoms with Gasteiger partial charge in [0, 0.05) is 11.3 Å². The lowest BCUT2D eigenvalue weighted by atomic mass is 9.84. The summed E-state index contributed by atoms with van der Waals surface area (Å²) >= 11 is 1.46. The van der Waals surface area contributed by atoms with E-state index < -0.39 is 0 Å². The maximum Gasteiger partial charge on any atom is 0.341 e. The van der Waals surface area contributed by atoms with Crippen LogP contribution in [0.25, 0.3) is 0 Å². The quantitative estimate of drug-likeness (QED) is 0.663. The van der Waals surface area contributed by atoms with E-state index in [1.54, 1.807) is 6.92 Å². The van der Waals surface area contributed by atoms with Gasteiger partial charge in [-0.2, -0.15) is 0 Å². The third-order valence-electron chi connectivity index (χ3n) is 3.56. The zero-order valence-corrected chi connectivity index (χ0v) is 16.8. The van der Waals surface area contributed by atoms with Crippen LogP contribution in [0.5, 0.6) is 0 Å². The first-order valence-corrected chi connectivity index (χ1v) is 9.45. The van der Waals surface area contributed by atoms with Gasteiger partial charge in [0.15, 0.2) is 0 Å². The molecule has 0 saturated carbocycles. The zero-order valence-electron chi connectivity index (χ0n) is 16.0. The Morgan fingerprint density at radius 2 is 1.88 bits per heavy atom. The molecule has 0 spiro atoms. The molecule has 0 aliphatic heterocycles. The minimum Gasteiger partial charge on any atom is -0.462 e. The number of esters is 1. The first-order chi connectivity index (χ1) is 11.0. The summed E-state index contributed by atoms with van der Waals surface area (Å²) < 4.78 is 5.11. The lowest BCUT2D eigenvalue weighted by Crippen LogP contribution is -2.19. The minimum absolute atomic E-state index is 0.0468. The van der Waals surface area contributed by atoms with Gasteiger partial charge < -0.3 is 10.1 Å². The Morgan fingerprint density at radius 3 is 2.38 bits per heavy atom. The standard InChI is InChI=1S/C19H31NO3S/c1-8-23-18(22)14-10-15(12(2)3)24-17(14)20-16(21)9-13(4)11-19(5,6)7/h10,12-13H,8-9,11H2,1-7H3,(H,20,21). The molecule has 1 aromatic rings. The summed E-state index contributed by atoms with van der Waals surface area (Å²) in [4.78, 5) is 25.6. The van der Waals surface area contributed by atoms with Crippen LogP contribution in [0.3, 0.4) is 0 Å². The molecule has 0 radical (unpaired) electrons. The van der Waals surface area contributed by atoms with Crippen molar-refractivity contribution in [1.29, 1.82) is 0 Å². The van der Waals surface area contributed by atoms with Gasteiger partial charge in [-0.05, 0) is 36.7 Å². The van der Waals surface area contributed by atoms with Crippen LogP contribution in [0.15, 0.2) is 6.07 Å². The molecule has 1 N–H and O–H groups in total. The van der Waals surface area contributed by atoms with Gasteiger partial charge in [-0.3, -0.25) is 4.79 Å². The van der Waals surface area contributed by atoms with Gasteiger partial charge in [-0.25, -0.2) is 4.79 Å². The molecule has 0 aromatic carbocycles. The number of carbonyl (C=O) groups is 2. The van der Waals surface area contributed by atoms with Crippen LogP contribution < -0.4 is 5.32 Å². The van der Waals surface area contributed by atoms with Crippen molar-refractivity contribution in [2.75, 3.05) is 11.9 Å². The Labute approximate surface area is 150 Å². The van der Waals surface area contributed by atoms with Gasteiger partial charge >= 0.3 is 5.97 Å². The molecule has 1 heterocycles. The molecule has 0 aliphatic rings. The fraction of sp³-hybridized carbons (Fsp3) is 0.684. The summed E-state index contributed by atoms with van der Waals surface area (Å²) in [5.41, 5.74) is 0.658. The van der Waals surface area contributed by atoms with E-state index in [0.717, 1.165) is 11.3 Å². The van der Waals surface area contributed by atoms with Gasteiger partial charge in [-0.15, -0.1) is 11.3 Å². The van der Waals surface area contributed by atoms with Crippen molar-refractivity contribution in [3.8, 4) is 0 Å². The highest BCUT2D eigenvalue weighted by Gasteiger charge is 2.22. The molecule has 1 atom stereocenters. The number of amides is 1. The number of carbonyl (C=O) groups excluding carboxylic acids is 2. The number of hydrogen-bond donors (Lipinski definition) is 1. The Hall–Kier alpha value is -1.36. The van der Waals surface area contributed by atoms with E-state index >= 15 is 0 Å². The molecule has 1 aromatic heterocycles. The number of anilines is 1. The Kier molecular flexibility index (Phi) is 7.46. The second-order valence-corrected chi connectivity index (χ2v) is 8.97. The molecule has 0 aliphatic carbocycles. The molecule has 5 heteroatoms. The van der Waals surface area contributed by atoms with E-state index in [0.29, 0.717) is 35.4 Å². The molecule has 136 valence electrons. The fourth-order valence-electron chi connectivity index (χ4n) is 2.76. The van der Waals surface area contributed by atoms with Crippen molar-refractivity contribution in [3.05, 3.63) is 16.5 Å². The number of ether oxygens (including phenoxy) is 1. The van der Waals surface area contributed by atoms with Gasteiger partial charge in [0.25, 0.3) is 0 Å². The lowest BCUT2D eigenvalue weighted by Gasteiger charge is -2.22. The molecule has 0 bridgehead atoms.